The van der Waals surface area contributed by atoms with Gasteiger partial charge < -0.3 is 14.4 Å². The van der Waals surface area contributed by atoms with E-state index in [1.165, 1.54) is 27.9 Å². The number of thiophene rings is 1. The number of esters is 2. The average Bonchev–Trinajstić information content (AvgIpc) is 3.43. The van der Waals surface area contributed by atoms with Crippen LogP contribution < -0.4 is 0 Å². The Kier molecular flexibility index (Phi) is 10.3. The van der Waals surface area contributed by atoms with Crippen LogP contribution in [-0.4, -0.2) is 37.0 Å². The molecule has 1 saturated heterocycles. The number of fused-ring (bicyclic) bond motifs is 1. The topological polar surface area (TPSA) is 55.8 Å². The van der Waals surface area contributed by atoms with Crippen LogP contribution >= 0.6 is 34.7 Å². The number of nitrogens with zero attached hydrogens (tertiary/aromatic N) is 1. The van der Waals surface area contributed by atoms with Gasteiger partial charge in [0.05, 0.1) is 4.91 Å². The molecule has 1 aliphatic heterocycles. The molecular weight excluding hydrogens is 562 g/mol. The summed E-state index contributed by atoms with van der Waals surface area (Å²) in [5, 5.41) is 3.91. The van der Waals surface area contributed by atoms with Crippen LogP contribution in [0.4, 0.5) is 0 Å². The molecule has 0 radical (unpaired) electrons. The van der Waals surface area contributed by atoms with Crippen molar-refractivity contribution in [1.82, 2.24) is 4.90 Å². The number of thioether (sulfide) groups is 1. The van der Waals surface area contributed by atoms with Crippen molar-refractivity contribution < 1.29 is 19.1 Å². The number of carbonyl (C=O) groups excluding carboxylic acids is 2. The fourth-order valence-corrected chi connectivity index (χ4v) is 6.33. The van der Waals surface area contributed by atoms with Crippen LogP contribution in [0, 0.1) is 6.92 Å². The third kappa shape index (κ3) is 7.07. The van der Waals surface area contributed by atoms with Crippen molar-refractivity contribution >= 4 is 46.6 Å². The Bertz CT molecular complexity index is 1400. The predicted octanol–water partition coefficient (Wildman–Crippen LogP) is 8.25. The predicted molar refractivity (Wildman–Crippen MR) is 165 cm³/mol. The lowest BCUT2D eigenvalue weighted by atomic mass is 9.82. The van der Waals surface area contributed by atoms with Crippen molar-refractivity contribution in [2.45, 2.75) is 45.4 Å². The van der Waals surface area contributed by atoms with Gasteiger partial charge in [0.15, 0.2) is 11.5 Å². The van der Waals surface area contributed by atoms with E-state index in [0.29, 0.717) is 9.91 Å². The second-order valence-corrected chi connectivity index (χ2v) is 12.3. The monoisotopic (exact) mass is 595 g/mol. The Labute approximate surface area is 249 Å². The molecule has 5 nitrogen and oxygen atoms in total. The van der Waals surface area contributed by atoms with E-state index in [1.54, 1.807) is 17.5 Å². The normalized spacial score (nSPS) is 18.2. The number of aryl methyl sites for hydroxylation is 2. The fraction of sp³-hybridized carbons (Fsp3) is 0.312. The van der Waals surface area contributed by atoms with Gasteiger partial charge in [-0.1, -0.05) is 67.7 Å². The van der Waals surface area contributed by atoms with E-state index in [0.717, 1.165) is 60.8 Å². The third-order valence-electron chi connectivity index (χ3n) is 7.13. The van der Waals surface area contributed by atoms with Gasteiger partial charge in [-0.15, -0.1) is 11.3 Å². The number of hydrogen-bond acceptors (Lipinski definition) is 7. The van der Waals surface area contributed by atoms with Crippen LogP contribution in [0.25, 0.3) is 0 Å². The van der Waals surface area contributed by atoms with Crippen molar-refractivity contribution in [2.24, 2.45) is 0 Å². The maximum atomic E-state index is 13.0. The van der Waals surface area contributed by atoms with Crippen molar-refractivity contribution in [2.75, 3.05) is 20.1 Å². The van der Waals surface area contributed by atoms with Gasteiger partial charge in [-0.2, -0.15) is 0 Å². The average molecular weight is 596 g/mol. The van der Waals surface area contributed by atoms with Gasteiger partial charge in [-0.05, 0) is 90.5 Å². The maximum absolute atomic E-state index is 13.0. The lowest BCUT2D eigenvalue weighted by Crippen LogP contribution is -2.29. The molecule has 1 fully saturated rings. The highest BCUT2D eigenvalue weighted by Crippen LogP contribution is 2.42. The summed E-state index contributed by atoms with van der Waals surface area (Å²) in [7, 11) is 2.12. The molecule has 1 atom stereocenters. The molecule has 2 aliphatic rings. The number of likely N-dealkylation sites (N-methyl/N-ethyl adjacent to an activating group) is 1. The minimum absolute atomic E-state index is 0.0366. The standard InChI is InChI=1S/C32H34ClNO4S2/c1-6-22-12-13-23(16-20(22)3)26-19-34(5)14-8-10-24-25(26)17-28(37-31(35)21(4)39-7-2)29(18-27(24)33)38-32(36)30-11-9-15-40-30/h7,9,11-13,15-17,26H,2,4,6,8,10,14,18-19H2,1,3,5H3. The summed E-state index contributed by atoms with van der Waals surface area (Å²) in [5.74, 6) is -0.829. The van der Waals surface area contributed by atoms with E-state index in [9.17, 15) is 9.59 Å². The molecule has 1 aromatic carbocycles. The number of halogens is 1. The highest BCUT2D eigenvalue weighted by atomic mass is 35.5. The fourth-order valence-electron chi connectivity index (χ4n) is 5.07. The van der Waals surface area contributed by atoms with Crippen LogP contribution in [0.5, 0.6) is 0 Å². The molecule has 2 heterocycles. The summed E-state index contributed by atoms with van der Waals surface area (Å²) in [5.41, 5.74) is 5.68. The number of allylic oxidation sites excluding steroid dienone is 3. The van der Waals surface area contributed by atoms with Crippen LogP contribution in [0.15, 0.2) is 93.0 Å². The van der Waals surface area contributed by atoms with Crippen LogP contribution in [0.3, 0.4) is 0 Å². The number of benzene rings is 1. The molecule has 2 aromatic rings. The molecule has 8 heteroatoms. The Balaban J connectivity index is 1.86. The molecule has 0 amide bonds. The van der Waals surface area contributed by atoms with E-state index >= 15 is 0 Å². The first-order valence-corrected chi connectivity index (χ1v) is 15.4. The van der Waals surface area contributed by atoms with Gasteiger partial charge in [0.1, 0.15) is 4.88 Å². The zero-order chi connectivity index (χ0) is 28.8. The van der Waals surface area contributed by atoms with E-state index in [4.69, 9.17) is 21.1 Å². The number of likely N-dealkylation sites (tertiary alicyclic amines) is 1. The molecular formula is C32H34ClNO4S2. The summed E-state index contributed by atoms with van der Waals surface area (Å²) in [4.78, 5) is 29.0. The first kappa shape index (κ1) is 30.1. The van der Waals surface area contributed by atoms with Gasteiger partial charge >= 0.3 is 11.9 Å². The van der Waals surface area contributed by atoms with Gasteiger partial charge in [-0.25, -0.2) is 9.59 Å². The van der Waals surface area contributed by atoms with Crippen molar-refractivity contribution in [3.63, 3.8) is 0 Å². The summed E-state index contributed by atoms with van der Waals surface area (Å²) in [6.07, 6.45) is 4.62. The van der Waals surface area contributed by atoms with Crippen molar-refractivity contribution in [3.05, 3.63) is 115 Å². The second-order valence-electron chi connectivity index (χ2n) is 9.87. The Hall–Kier alpha value is -2.84. The molecule has 1 aliphatic carbocycles. The van der Waals surface area contributed by atoms with Gasteiger partial charge in [-0.3, -0.25) is 0 Å². The Morgan fingerprint density at radius 3 is 2.75 bits per heavy atom. The Morgan fingerprint density at radius 1 is 1.27 bits per heavy atom. The third-order valence-corrected chi connectivity index (χ3v) is 8.96. The Morgan fingerprint density at radius 2 is 2.08 bits per heavy atom. The zero-order valence-corrected chi connectivity index (χ0v) is 25.5. The minimum Gasteiger partial charge on any atom is -0.423 e. The minimum atomic E-state index is -0.636. The zero-order valence-electron chi connectivity index (χ0n) is 23.1. The molecule has 4 rings (SSSR count). The molecule has 40 heavy (non-hydrogen) atoms. The van der Waals surface area contributed by atoms with E-state index in [-0.39, 0.29) is 28.8 Å². The second kappa shape index (κ2) is 13.7. The van der Waals surface area contributed by atoms with Crippen molar-refractivity contribution in [3.8, 4) is 0 Å². The number of carbonyl (C=O) groups is 2. The number of hydrogen-bond donors (Lipinski definition) is 0. The molecule has 0 N–H and O–H groups in total. The first-order chi connectivity index (χ1) is 19.2. The highest BCUT2D eigenvalue weighted by molar-refractivity contribution is 8.06. The molecule has 1 aromatic heterocycles. The quantitative estimate of drug-likeness (QED) is 0.226. The largest absolute Gasteiger partial charge is 0.423 e. The maximum Gasteiger partial charge on any atom is 0.353 e. The molecule has 1 unspecified atom stereocenters. The van der Waals surface area contributed by atoms with Gasteiger partial charge in [0.25, 0.3) is 0 Å². The molecule has 0 spiro atoms. The summed E-state index contributed by atoms with van der Waals surface area (Å²) in [6.45, 7) is 13.4. The summed E-state index contributed by atoms with van der Waals surface area (Å²) >= 11 is 9.39. The van der Waals surface area contributed by atoms with Crippen LogP contribution in [-0.2, 0) is 20.7 Å². The first-order valence-electron chi connectivity index (χ1n) is 13.3. The van der Waals surface area contributed by atoms with Crippen LogP contribution in [0.1, 0.15) is 58.5 Å². The highest BCUT2D eigenvalue weighted by Gasteiger charge is 2.31. The van der Waals surface area contributed by atoms with Crippen LogP contribution in [0.2, 0.25) is 0 Å². The van der Waals surface area contributed by atoms with Crippen molar-refractivity contribution in [1.29, 1.82) is 0 Å². The summed E-state index contributed by atoms with van der Waals surface area (Å²) < 4.78 is 11.7. The lowest BCUT2D eigenvalue weighted by molar-refractivity contribution is -0.134. The number of ether oxygens (including phenoxy) is 2. The van der Waals surface area contributed by atoms with E-state index in [2.05, 4.69) is 57.2 Å². The van der Waals surface area contributed by atoms with Gasteiger partial charge in [0.2, 0.25) is 0 Å². The molecule has 0 saturated carbocycles. The smallest absolute Gasteiger partial charge is 0.353 e. The number of rotatable bonds is 8. The molecule has 210 valence electrons. The summed E-state index contributed by atoms with van der Waals surface area (Å²) in [6, 6.07) is 10.1. The lowest BCUT2D eigenvalue weighted by Gasteiger charge is -2.32. The molecule has 0 bridgehead atoms. The van der Waals surface area contributed by atoms with E-state index in [1.807, 2.05) is 6.08 Å². The van der Waals surface area contributed by atoms with Gasteiger partial charge in [0, 0.05) is 23.9 Å². The SMILES string of the molecule is C=CSC(=C)C(=O)OC1=C(OC(=O)c2cccs2)CC(Cl)=C2CCCN(C)CC(c3ccc(CC)c(C)c3)C2=C1. The van der Waals surface area contributed by atoms with E-state index < -0.39 is 11.9 Å².